The molecule has 6 heteroatoms. The molecule has 2 N–H and O–H groups in total. The minimum absolute atomic E-state index is 0.0581. The molecule has 2 aromatic heterocycles. The molecule has 32 heavy (non-hydrogen) atoms. The number of halogens is 1. The number of rotatable bonds is 4. The number of nitrogens with one attached hydrogen (secondary N) is 2. The van der Waals surface area contributed by atoms with Crippen LogP contribution in [-0.2, 0) is 4.74 Å². The summed E-state index contributed by atoms with van der Waals surface area (Å²) in [5.74, 6) is 6.29. The largest absolute Gasteiger partial charge is 0.449 e. The number of nitrogens with zero attached hydrogens (tertiary/aromatic N) is 1. The number of pyridine rings is 1. The lowest BCUT2D eigenvalue weighted by Crippen LogP contribution is -2.26. The van der Waals surface area contributed by atoms with E-state index in [2.05, 4.69) is 67.3 Å². The summed E-state index contributed by atoms with van der Waals surface area (Å²) in [5, 5.41) is 3.76. The first-order chi connectivity index (χ1) is 15.7. The third kappa shape index (κ3) is 4.00. The van der Waals surface area contributed by atoms with Crippen molar-refractivity contribution in [3.05, 3.63) is 88.2 Å². The van der Waals surface area contributed by atoms with Crippen LogP contribution in [0.1, 0.15) is 29.0 Å². The number of aromatic amines is 1. The molecule has 1 aliphatic carbocycles. The van der Waals surface area contributed by atoms with Crippen LogP contribution in [0.5, 0.6) is 0 Å². The van der Waals surface area contributed by atoms with Gasteiger partial charge in [0, 0.05) is 41.1 Å². The zero-order valence-electron chi connectivity index (χ0n) is 17.2. The number of aromatic nitrogens is 2. The van der Waals surface area contributed by atoms with Gasteiger partial charge < -0.3 is 15.0 Å². The first-order valence-corrected chi connectivity index (χ1v) is 11.2. The number of fused-ring (bicyclic) bond motifs is 4. The molecule has 0 saturated heterocycles. The van der Waals surface area contributed by atoms with Crippen LogP contribution in [0, 0.1) is 11.8 Å². The highest BCUT2D eigenvalue weighted by Crippen LogP contribution is 2.44. The van der Waals surface area contributed by atoms with Crippen LogP contribution in [-0.4, -0.2) is 29.2 Å². The van der Waals surface area contributed by atoms with Crippen molar-refractivity contribution in [1.82, 2.24) is 15.3 Å². The highest BCUT2D eigenvalue weighted by Gasteiger charge is 2.28. The Kier molecular flexibility index (Phi) is 5.66. The lowest BCUT2D eigenvalue weighted by atomic mass is 9.98. The van der Waals surface area contributed by atoms with E-state index in [0.29, 0.717) is 19.6 Å². The van der Waals surface area contributed by atoms with Gasteiger partial charge in [0.05, 0.1) is 5.56 Å². The lowest BCUT2D eigenvalue weighted by Gasteiger charge is -2.14. The molecule has 2 heterocycles. The van der Waals surface area contributed by atoms with E-state index in [-0.39, 0.29) is 5.92 Å². The number of alkyl carbamates (subject to hydrolysis) is 1. The molecule has 1 aliphatic rings. The number of carbonyl (C=O) groups is 1. The Labute approximate surface area is 194 Å². The fourth-order valence-corrected chi connectivity index (χ4v) is 4.45. The molecule has 0 fully saturated rings. The maximum Gasteiger partial charge on any atom is 0.407 e. The Hall–Kier alpha value is -3.56. The molecule has 0 unspecified atom stereocenters. The first-order valence-electron chi connectivity index (χ1n) is 10.4. The molecular weight excluding hydrogens is 466 g/mol. The minimum Gasteiger partial charge on any atom is -0.449 e. The smallest absolute Gasteiger partial charge is 0.407 e. The summed E-state index contributed by atoms with van der Waals surface area (Å²) in [6, 6.07) is 18.6. The predicted octanol–water partition coefficient (Wildman–Crippen LogP) is 5.61. The van der Waals surface area contributed by atoms with Crippen molar-refractivity contribution in [3.63, 3.8) is 0 Å². The second kappa shape index (κ2) is 8.89. The van der Waals surface area contributed by atoms with Crippen molar-refractivity contribution in [1.29, 1.82) is 0 Å². The Morgan fingerprint density at radius 1 is 1.12 bits per heavy atom. The molecule has 5 rings (SSSR count). The maximum atomic E-state index is 12.2. The highest BCUT2D eigenvalue weighted by atomic mass is 79.9. The van der Waals surface area contributed by atoms with Gasteiger partial charge in [-0.1, -0.05) is 60.4 Å². The van der Waals surface area contributed by atoms with Gasteiger partial charge in [-0.25, -0.2) is 9.78 Å². The zero-order chi connectivity index (χ0) is 21.9. The van der Waals surface area contributed by atoms with Crippen molar-refractivity contribution in [2.45, 2.75) is 12.3 Å². The second-order valence-electron chi connectivity index (χ2n) is 7.56. The Balaban J connectivity index is 1.15. The third-order valence-corrected chi connectivity index (χ3v) is 6.02. The molecule has 5 nitrogen and oxygen atoms in total. The molecular formula is C26H20BrN3O2. The molecule has 158 valence electrons. The van der Waals surface area contributed by atoms with Crippen molar-refractivity contribution in [2.75, 3.05) is 13.2 Å². The molecule has 1 amide bonds. The number of hydrogen-bond acceptors (Lipinski definition) is 3. The summed E-state index contributed by atoms with van der Waals surface area (Å²) in [4.78, 5) is 19.6. The van der Waals surface area contributed by atoms with Crippen LogP contribution in [0.4, 0.5) is 4.79 Å². The van der Waals surface area contributed by atoms with E-state index in [1.807, 2.05) is 36.5 Å². The van der Waals surface area contributed by atoms with Gasteiger partial charge in [-0.2, -0.15) is 0 Å². The van der Waals surface area contributed by atoms with Gasteiger partial charge in [-0.05, 0) is 44.3 Å². The van der Waals surface area contributed by atoms with E-state index >= 15 is 0 Å². The van der Waals surface area contributed by atoms with E-state index in [0.717, 1.165) is 21.1 Å². The van der Waals surface area contributed by atoms with Gasteiger partial charge in [-0.15, -0.1) is 0 Å². The number of hydrogen-bond donors (Lipinski definition) is 2. The average Bonchev–Trinajstić information content (AvgIpc) is 3.36. The number of H-pyrrole nitrogens is 1. The van der Waals surface area contributed by atoms with Gasteiger partial charge in [0.15, 0.2) is 0 Å². The van der Waals surface area contributed by atoms with E-state index in [4.69, 9.17) is 4.74 Å². The first kappa shape index (κ1) is 20.3. The van der Waals surface area contributed by atoms with Crippen molar-refractivity contribution >= 4 is 33.1 Å². The topological polar surface area (TPSA) is 67.0 Å². The number of carbonyl (C=O) groups excluding carboxylic acids is 1. The van der Waals surface area contributed by atoms with E-state index in [1.54, 1.807) is 6.20 Å². The Morgan fingerprint density at radius 2 is 1.84 bits per heavy atom. The summed E-state index contributed by atoms with van der Waals surface area (Å²) in [6.45, 7) is 0.733. The molecule has 4 aromatic rings. The normalized spacial score (nSPS) is 12.0. The zero-order valence-corrected chi connectivity index (χ0v) is 18.8. The highest BCUT2D eigenvalue weighted by molar-refractivity contribution is 9.10. The minimum atomic E-state index is -0.422. The Bertz CT molecular complexity index is 1320. The fourth-order valence-electron chi connectivity index (χ4n) is 4.12. The fraction of sp³-hybridized carbons (Fsp3) is 0.154. The van der Waals surface area contributed by atoms with Gasteiger partial charge in [0.25, 0.3) is 0 Å². The molecule has 0 aliphatic heterocycles. The van der Waals surface area contributed by atoms with Crippen LogP contribution in [0.2, 0.25) is 0 Å². The molecule has 0 atom stereocenters. The van der Waals surface area contributed by atoms with Crippen molar-refractivity contribution < 1.29 is 9.53 Å². The van der Waals surface area contributed by atoms with Crippen LogP contribution in [0.15, 0.2) is 71.5 Å². The van der Waals surface area contributed by atoms with Crippen LogP contribution in [0.3, 0.4) is 0 Å². The second-order valence-corrected chi connectivity index (χ2v) is 8.47. The molecule has 0 spiro atoms. The van der Waals surface area contributed by atoms with Gasteiger partial charge >= 0.3 is 6.09 Å². The number of amides is 1. The summed E-state index contributed by atoms with van der Waals surface area (Å²) in [5.41, 5.74) is 6.52. The summed E-state index contributed by atoms with van der Waals surface area (Å²) >= 11 is 3.43. The third-order valence-electron chi connectivity index (χ3n) is 5.58. The van der Waals surface area contributed by atoms with E-state index in [9.17, 15) is 4.79 Å². The predicted molar refractivity (Wildman–Crippen MR) is 128 cm³/mol. The van der Waals surface area contributed by atoms with Crippen molar-refractivity contribution in [2.24, 2.45) is 0 Å². The average molecular weight is 486 g/mol. The summed E-state index contributed by atoms with van der Waals surface area (Å²) in [7, 11) is 0. The van der Waals surface area contributed by atoms with E-state index in [1.165, 1.54) is 22.3 Å². The van der Waals surface area contributed by atoms with Gasteiger partial charge in [0.2, 0.25) is 0 Å². The van der Waals surface area contributed by atoms with Gasteiger partial charge in [0.1, 0.15) is 12.3 Å². The Morgan fingerprint density at radius 3 is 2.59 bits per heavy atom. The molecule has 0 bridgehead atoms. The SMILES string of the molecule is O=C(NCCC#Cc1c[nH]c2ncc(Br)cc12)OCC1c2ccccc2-c2ccccc21. The number of benzene rings is 2. The summed E-state index contributed by atoms with van der Waals surface area (Å²) in [6.07, 6.45) is 3.69. The molecule has 0 radical (unpaired) electrons. The van der Waals surface area contributed by atoms with Crippen LogP contribution >= 0.6 is 15.9 Å². The lowest BCUT2D eigenvalue weighted by molar-refractivity contribution is 0.143. The van der Waals surface area contributed by atoms with E-state index < -0.39 is 6.09 Å². The van der Waals surface area contributed by atoms with Gasteiger partial charge in [-0.3, -0.25) is 0 Å². The summed E-state index contributed by atoms with van der Waals surface area (Å²) < 4.78 is 6.45. The van der Waals surface area contributed by atoms with Crippen LogP contribution < -0.4 is 5.32 Å². The maximum absolute atomic E-state index is 12.2. The van der Waals surface area contributed by atoms with Crippen LogP contribution in [0.25, 0.3) is 22.2 Å². The van der Waals surface area contributed by atoms with Crippen molar-refractivity contribution in [3.8, 4) is 23.0 Å². The molecule has 0 saturated carbocycles. The monoisotopic (exact) mass is 485 g/mol. The standard InChI is InChI=1S/C26H20BrN3O2/c27-18-13-23-17(14-29-25(23)30-15-18)7-5-6-12-28-26(31)32-16-24-21-10-3-1-8-19(21)20-9-2-4-11-22(20)24/h1-4,8-11,13-15,24H,6,12,16H2,(H,28,31)(H,29,30). The number of ether oxygens (including phenoxy) is 1. The molecule has 2 aromatic carbocycles. The quantitative estimate of drug-likeness (QED) is 0.291.